The Balaban J connectivity index is 0.932. The molecule has 0 unspecified atom stereocenters. The molecule has 12 nitrogen and oxygen atoms in total. The first-order valence-electron chi connectivity index (χ1n) is 24.6. The maximum atomic E-state index is 14.2. The summed E-state index contributed by atoms with van der Waals surface area (Å²) < 4.78 is 0. The summed E-state index contributed by atoms with van der Waals surface area (Å²) in [6.07, 6.45) is 16.3. The summed E-state index contributed by atoms with van der Waals surface area (Å²) in [5.74, 6) is -2.73. The molecule has 2 heterocycles. The lowest BCUT2D eigenvalue weighted by molar-refractivity contribution is -0.141. The van der Waals surface area contributed by atoms with Gasteiger partial charge >= 0.3 is 0 Å². The molecule has 12 heteroatoms. The van der Waals surface area contributed by atoms with Crippen LogP contribution in [0.3, 0.4) is 0 Å². The number of hydrogen-bond donors (Lipinski definition) is 3. The van der Waals surface area contributed by atoms with Crippen molar-refractivity contribution >= 4 is 35.4 Å². The molecule has 6 amide bonds. The zero-order valence-corrected chi connectivity index (χ0v) is 38.6. The Hall–Kier alpha value is -5.52. The number of carbonyl (C=O) groups excluding carboxylic acids is 6. The molecule has 0 radical (unpaired) electrons. The number of nitrogens with one attached hydrogen (secondary N) is 3. The normalized spacial score (nSPS) is 23.4. The van der Waals surface area contributed by atoms with Gasteiger partial charge in [-0.25, -0.2) is 0 Å². The topological polar surface area (TPSA) is 148 Å². The average molecular weight is 887 g/mol. The number of hydrogen-bond acceptors (Lipinski definition) is 6. The Labute approximate surface area is 385 Å². The number of carbonyl (C=O) groups is 6. The first-order chi connectivity index (χ1) is 31.6. The maximum Gasteiger partial charge on any atom is 0.254 e. The first-order valence-corrected chi connectivity index (χ1v) is 24.6. The van der Waals surface area contributed by atoms with Gasteiger partial charge in [-0.1, -0.05) is 144 Å². The van der Waals surface area contributed by atoms with Gasteiger partial charge in [-0.3, -0.25) is 28.8 Å². The second-order valence-corrected chi connectivity index (χ2v) is 18.9. The van der Waals surface area contributed by atoms with Crippen LogP contribution in [-0.2, 0) is 19.2 Å². The van der Waals surface area contributed by atoms with Crippen molar-refractivity contribution in [2.24, 2.45) is 11.8 Å². The van der Waals surface area contributed by atoms with Crippen molar-refractivity contribution in [2.45, 2.75) is 134 Å². The molecule has 348 valence electrons. The molecule has 65 heavy (non-hydrogen) atoms. The molecule has 0 spiro atoms. The van der Waals surface area contributed by atoms with E-state index in [1.54, 1.807) is 34.1 Å². The van der Waals surface area contributed by atoms with Crippen LogP contribution in [0.25, 0.3) is 0 Å². The summed E-state index contributed by atoms with van der Waals surface area (Å²) in [5.41, 5.74) is 2.88. The summed E-state index contributed by atoms with van der Waals surface area (Å²) in [5, 5.41) is 9.39. The predicted molar refractivity (Wildman–Crippen MR) is 252 cm³/mol. The summed E-state index contributed by atoms with van der Waals surface area (Å²) in [4.78, 5) is 87.0. The molecule has 0 aromatic heterocycles. The summed E-state index contributed by atoms with van der Waals surface area (Å²) in [6, 6.07) is 25.7. The van der Waals surface area contributed by atoms with Gasteiger partial charge in [0.15, 0.2) is 0 Å². The molecule has 4 fully saturated rings. The molecule has 2 saturated heterocycles. The van der Waals surface area contributed by atoms with Crippen molar-refractivity contribution in [3.8, 4) is 0 Å². The minimum atomic E-state index is -0.819. The lowest BCUT2D eigenvalue weighted by Gasteiger charge is -2.40. The Bertz CT molecular complexity index is 2020. The van der Waals surface area contributed by atoms with Crippen LogP contribution in [0.2, 0.25) is 0 Å². The fourth-order valence-electron chi connectivity index (χ4n) is 9.94. The van der Waals surface area contributed by atoms with Crippen molar-refractivity contribution < 1.29 is 28.8 Å². The fraction of sp³-hybridized carbons (Fsp3) is 0.547. The van der Waals surface area contributed by atoms with Gasteiger partial charge in [0.25, 0.3) is 11.8 Å². The third-order valence-electron chi connectivity index (χ3n) is 14.0. The Kier molecular flexibility index (Phi) is 16.9. The Morgan fingerprint density at radius 1 is 0.538 bits per heavy atom. The fourth-order valence-corrected chi connectivity index (χ4v) is 9.94. The Morgan fingerprint density at radius 3 is 1.51 bits per heavy atom. The number of likely N-dealkylation sites (tertiary alicyclic amines) is 1. The van der Waals surface area contributed by atoms with Crippen LogP contribution in [0.4, 0.5) is 0 Å². The highest BCUT2D eigenvalue weighted by Gasteiger charge is 2.49. The number of unbranched alkanes of at least 4 members (excludes halogenated alkanes) is 11. The lowest BCUT2D eigenvalue weighted by Crippen LogP contribution is -2.61. The zero-order valence-electron chi connectivity index (χ0n) is 38.6. The minimum Gasteiger partial charge on any atom is -0.354 e. The summed E-state index contributed by atoms with van der Waals surface area (Å²) >= 11 is 0. The van der Waals surface area contributed by atoms with E-state index in [-0.39, 0.29) is 103 Å². The number of nitrogens with zero attached hydrogens (tertiary/aromatic N) is 3. The van der Waals surface area contributed by atoms with E-state index in [1.165, 1.54) is 69.6 Å². The maximum absolute atomic E-state index is 14.2. The molecule has 3 N–H and O–H groups in total. The molecule has 3 aromatic rings. The molecule has 7 atom stereocenters. The second kappa shape index (κ2) is 23.1. The van der Waals surface area contributed by atoms with Crippen molar-refractivity contribution in [2.75, 3.05) is 39.3 Å². The quantitative estimate of drug-likeness (QED) is 0.0910. The van der Waals surface area contributed by atoms with Gasteiger partial charge < -0.3 is 30.7 Å². The Morgan fingerprint density at radius 2 is 1.02 bits per heavy atom. The largest absolute Gasteiger partial charge is 0.354 e. The van der Waals surface area contributed by atoms with Gasteiger partial charge in [0, 0.05) is 74.7 Å². The van der Waals surface area contributed by atoms with Gasteiger partial charge in [0.1, 0.15) is 6.04 Å². The average Bonchev–Trinajstić information content (AvgIpc) is 4.24. The van der Waals surface area contributed by atoms with Crippen LogP contribution < -0.4 is 16.0 Å². The van der Waals surface area contributed by atoms with E-state index < -0.39 is 17.9 Å². The van der Waals surface area contributed by atoms with Crippen LogP contribution >= 0.6 is 0 Å². The molecule has 7 rings (SSSR count). The lowest BCUT2D eigenvalue weighted by atomic mass is 9.94. The second-order valence-electron chi connectivity index (χ2n) is 18.9. The van der Waals surface area contributed by atoms with Gasteiger partial charge in [-0.15, -0.1) is 0 Å². The first kappa shape index (κ1) is 47.4. The number of amides is 6. The molecular formula is C53H70N6O6. The molecule has 2 aliphatic heterocycles. The minimum absolute atomic E-state index is 0.0332. The van der Waals surface area contributed by atoms with E-state index in [4.69, 9.17) is 0 Å². The molecular weight excluding hydrogens is 817 g/mol. The van der Waals surface area contributed by atoms with Gasteiger partial charge in [-0.05, 0) is 48.6 Å². The van der Waals surface area contributed by atoms with Crippen molar-refractivity contribution in [3.63, 3.8) is 0 Å². The molecule has 3 aromatic carbocycles. The van der Waals surface area contributed by atoms with Crippen LogP contribution in [0.15, 0.2) is 84.9 Å². The van der Waals surface area contributed by atoms with E-state index in [9.17, 15) is 28.8 Å². The van der Waals surface area contributed by atoms with Crippen LogP contribution in [0.5, 0.6) is 0 Å². The highest BCUT2D eigenvalue weighted by atomic mass is 16.2. The van der Waals surface area contributed by atoms with Gasteiger partial charge in [0.2, 0.25) is 23.6 Å². The van der Waals surface area contributed by atoms with Crippen molar-refractivity contribution in [3.05, 3.63) is 107 Å². The smallest absolute Gasteiger partial charge is 0.254 e. The summed E-state index contributed by atoms with van der Waals surface area (Å²) in [7, 11) is 0. The van der Waals surface area contributed by atoms with E-state index in [1.807, 2.05) is 36.4 Å². The van der Waals surface area contributed by atoms with Gasteiger partial charge in [0.05, 0.1) is 18.4 Å². The zero-order chi connectivity index (χ0) is 45.7. The van der Waals surface area contributed by atoms with Crippen molar-refractivity contribution in [1.82, 2.24) is 30.7 Å². The number of rotatable bonds is 22. The highest BCUT2D eigenvalue weighted by molar-refractivity contribution is 6.01. The van der Waals surface area contributed by atoms with Crippen LogP contribution in [0.1, 0.15) is 147 Å². The molecule has 4 aliphatic rings. The highest BCUT2D eigenvalue weighted by Crippen LogP contribution is 2.42. The van der Waals surface area contributed by atoms with Crippen LogP contribution in [0, 0.1) is 11.8 Å². The number of piperazine rings is 1. The summed E-state index contributed by atoms with van der Waals surface area (Å²) in [6.45, 7) is 4.85. The van der Waals surface area contributed by atoms with Crippen LogP contribution in [-0.4, -0.2) is 108 Å². The molecule has 0 bridgehead atoms. The third-order valence-corrected chi connectivity index (χ3v) is 14.0. The van der Waals surface area contributed by atoms with Crippen molar-refractivity contribution in [1.29, 1.82) is 0 Å². The third kappa shape index (κ3) is 12.9. The standard InChI is InChI=1S/C53H70N6O6/c1-3-4-5-6-7-8-9-10-11-12-13-20-28-54-51(63)48-36-57(29-30-59(48)37(2)60)52(64)40-26-21-27-41(31-40)53(65)58-34-44(49(61)55-46-32-42(46)38-22-16-14-17-23-38)45(35-58)50(62)56-47-33-43(47)39-24-18-15-19-25-39/h14-19,21-27,31,42-48H,3-13,20,28-30,32-36H2,1-2H3,(H,54,63)(H,55,61)(H,56,62)/t42-,43-,44-,45-,46+,47+,48+/m1/s1. The van der Waals surface area contributed by atoms with E-state index in [0.29, 0.717) is 6.54 Å². The monoisotopic (exact) mass is 887 g/mol. The van der Waals surface area contributed by atoms with E-state index in [0.717, 1.165) is 43.2 Å². The predicted octanol–water partition coefficient (Wildman–Crippen LogP) is 7.21. The molecule has 2 saturated carbocycles. The van der Waals surface area contributed by atoms with E-state index >= 15 is 0 Å². The SMILES string of the molecule is CCCCCCCCCCCCCCNC(=O)[C@@H]1CN(C(=O)c2cccc(C(=O)N3C[C@@H](C(=O)N[C@H]4C[C@@H]4c4ccccc4)[C@H](C(=O)N[C@H]4C[C@@H]4c4ccccc4)C3)c2)CCN1C(C)=O. The number of benzene rings is 3. The van der Waals surface area contributed by atoms with E-state index in [2.05, 4.69) is 47.1 Å². The van der Waals surface area contributed by atoms with Gasteiger partial charge in [-0.2, -0.15) is 0 Å². The molecule has 2 aliphatic carbocycles.